The van der Waals surface area contributed by atoms with Crippen LogP contribution in [-0.2, 0) is 14.3 Å². The van der Waals surface area contributed by atoms with Crippen molar-refractivity contribution in [3.63, 3.8) is 0 Å². The van der Waals surface area contributed by atoms with Gasteiger partial charge in [0, 0.05) is 12.8 Å². The molecular weight excluding hydrogens is 851 g/mol. The van der Waals surface area contributed by atoms with Crippen LogP contribution >= 0.6 is 0 Å². The van der Waals surface area contributed by atoms with Crippen molar-refractivity contribution >= 4 is 11.9 Å². The summed E-state index contributed by atoms with van der Waals surface area (Å²) in [5.41, 5.74) is 0. The van der Waals surface area contributed by atoms with E-state index in [0.717, 1.165) is 44.9 Å². The summed E-state index contributed by atoms with van der Waals surface area (Å²) in [6, 6.07) is -0.632. The molecule has 0 aromatic heterocycles. The van der Waals surface area contributed by atoms with Crippen LogP contribution < -0.4 is 5.32 Å². The quantitative estimate of drug-likeness (QED) is 0.0321. The van der Waals surface area contributed by atoms with Gasteiger partial charge in [0.1, 0.15) is 0 Å². The first kappa shape index (κ1) is 67.3. The molecule has 0 heterocycles. The second-order valence-electron chi connectivity index (χ2n) is 21.4. The number of carbonyl (C=O) groups excluding carboxylic acids is 2. The van der Waals surface area contributed by atoms with E-state index >= 15 is 0 Å². The van der Waals surface area contributed by atoms with Crippen LogP contribution in [0, 0.1) is 0 Å². The number of aliphatic hydroxyl groups excluding tert-OH is 2. The van der Waals surface area contributed by atoms with E-state index in [1.54, 1.807) is 6.08 Å². The zero-order valence-corrected chi connectivity index (χ0v) is 46.6. The zero-order chi connectivity index (χ0) is 50.0. The van der Waals surface area contributed by atoms with Crippen molar-refractivity contribution < 1.29 is 24.5 Å². The number of carbonyl (C=O) groups is 2. The normalized spacial score (nSPS) is 12.7. The molecule has 0 radical (unpaired) electrons. The van der Waals surface area contributed by atoms with Gasteiger partial charge in [-0.15, -0.1) is 0 Å². The van der Waals surface area contributed by atoms with Gasteiger partial charge in [-0.3, -0.25) is 9.59 Å². The van der Waals surface area contributed by atoms with Crippen molar-refractivity contribution in [3.8, 4) is 0 Å². The average molecular weight is 973 g/mol. The van der Waals surface area contributed by atoms with Crippen LogP contribution in [0.1, 0.15) is 341 Å². The van der Waals surface area contributed by atoms with Gasteiger partial charge in [0.05, 0.1) is 25.4 Å². The number of hydrogen-bond donors (Lipinski definition) is 3. The summed E-state index contributed by atoms with van der Waals surface area (Å²) in [5.74, 6) is -0.0720. The highest BCUT2D eigenvalue weighted by atomic mass is 16.5. The number of rotatable bonds is 58. The van der Waals surface area contributed by atoms with Gasteiger partial charge in [0.15, 0.2) is 0 Å². The molecule has 2 unspecified atom stereocenters. The third kappa shape index (κ3) is 55.5. The molecule has 0 aliphatic rings. The summed E-state index contributed by atoms with van der Waals surface area (Å²) in [7, 11) is 0. The Hall–Kier alpha value is -1.66. The maximum atomic E-state index is 12.5. The van der Waals surface area contributed by atoms with E-state index in [0.29, 0.717) is 19.4 Å². The van der Waals surface area contributed by atoms with E-state index in [1.807, 2.05) is 6.08 Å². The predicted octanol–water partition coefficient (Wildman–Crippen LogP) is 19.4. The Balaban J connectivity index is 3.45. The SMILES string of the molecule is CCCCC/C=C\CCCCCCCC(=O)OCCCCCCCCCCCCCCCCCCCCC(=O)NC(CO)C(O)/C=C/CCCCCCCCCCCCCCCCCCCCCC. The van der Waals surface area contributed by atoms with Crippen LogP contribution in [0.3, 0.4) is 0 Å². The van der Waals surface area contributed by atoms with Gasteiger partial charge in [0.25, 0.3) is 0 Å². The summed E-state index contributed by atoms with van der Waals surface area (Å²) in [6.07, 6.45) is 72.1. The number of amides is 1. The van der Waals surface area contributed by atoms with Gasteiger partial charge in [0.2, 0.25) is 5.91 Å². The molecule has 0 rings (SSSR count). The van der Waals surface area contributed by atoms with E-state index in [9.17, 15) is 19.8 Å². The minimum absolute atomic E-state index is 0.00310. The maximum absolute atomic E-state index is 12.5. The van der Waals surface area contributed by atoms with Crippen LogP contribution in [0.2, 0.25) is 0 Å². The van der Waals surface area contributed by atoms with Gasteiger partial charge in [-0.05, 0) is 57.8 Å². The van der Waals surface area contributed by atoms with E-state index in [-0.39, 0.29) is 18.5 Å². The molecule has 0 aromatic carbocycles. The number of allylic oxidation sites excluding steroid dienone is 3. The van der Waals surface area contributed by atoms with Crippen LogP contribution in [0.4, 0.5) is 0 Å². The van der Waals surface area contributed by atoms with Crippen LogP contribution in [0.25, 0.3) is 0 Å². The minimum atomic E-state index is -0.848. The van der Waals surface area contributed by atoms with Crippen molar-refractivity contribution in [3.05, 3.63) is 24.3 Å². The molecule has 69 heavy (non-hydrogen) atoms. The van der Waals surface area contributed by atoms with Crippen molar-refractivity contribution in [1.82, 2.24) is 5.32 Å². The van der Waals surface area contributed by atoms with Crippen molar-refractivity contribution in [2.24, 2.45) is 0 Å². The summed E-state index contributed by atoms with van der Waals surface area (Å²) < 4.78 is 5.46. The molecule has 0 aromatic rings. The van der Waals surface area contributed by atoms with Crippen LogP contribution in [0.15, 0.2) is 24.3 Å². The maximum Gasteiger partial charge on any atom is 0.305 e. The topological polar surface area (TPSA) is 95.9 Å². The fourth-order valence-electron chi connectivity index (χ4n) is 9.69. The summed E-state index contributed by atoms with van der Waals surface area (Å²) in [6.45, 7) is 4.89. The van der Waals surface area contributed by atoms with E-state index < -0.39 is 12.1 Å². The Morgan fingerprint density at radius 1 is 0.391 bits per heavy atom. The van der Waals surface area contributed by atoms with Crippen LogP contribution in [0.5, 0.6) is 0 Å². The Morgan fingerprint density at radius 2 is 0.681 bits per heavy atom. The summed E-state index contributed by atoms with van der Waals surface area (Å²) >= 11 is 0. The molecule has 0 aliphatic carbocycles. The average Bonchev–Trinajstić information content (AvgIpc) is 3.35. The molecule has 6 nitrogen and oxygen atoms in total. The highest BCUT2D eigenvalue weighted by Crippen LogP contribution is 2.18. The highest BCUT2D eigenvalue weighted by molar-refractivity contribution is 5.76. The molecule has 1 amide bonds. The van der Waals surface area contributed by atoms with E-state index in [2.05, 4.69) is 31.3 Å². The summed E-state index contributed by atoms with van der Waals surface area (Å²) in [5, 5.41) is 23.2. The Morgan fingerprint density at radius 3 is 1.06 bits per heavy atom. The Bertz CT molecular complexity index is 1080. The number of hydrogen-bond acceptors (Lipinski definition) is 5. The van der Waals surface area contributed by atoms with E-state index in [1.165, 1.54) is 270 Å². The molecule has 3 N–H and O–H groups in total. The predicted molar refractivity (Wildman–Crippen MR) is 301 cm³/mol. The lowest BCUT2D eigenvalue weighted by molar-refractivity contribution is -0.143. The van der Waals surface area contributed by atoms with Crippen molar-refractivity contribution in [2.45, 2.75) is 353 Å². The number of ether oxygens (including phenoxy) is 1. The van der Waals surface area contributed by atoms with Gasteiger partial charge >= 0.3 is 5.97 Å². The smallest absolute Gasteiger partial charge is 0.305 e. The molecule has 0 bridgehead atoms. The van der Waals surface area contributed by atoms with Crippen LogP contribution in [-0.4, -0.2) is 47.4 Å². The van der Waals surface area contributed by atoms with Crippen molar-refractivity contribution in [1.29, 1.82) is 0 Å². The first-order valence-corrected chi connectivity index (χ1v) is 31.1. The third-order valence-electron chi connectivity index (χ3n) is 14.5. The molecular formula is C63H121NO5. The number of esters is 1. The van der Waals surface area contributed by atoms with Crippen molar-refractivity contribution in [2.75, 3.05) is 13.2 Å². The lowest BCUT2D eigenvalue weighted by Gasteiger charge is -2.20. The first-order valence-electron chi connectivity index (χ1n) is 31.1. The van der Waals surface area contributed by atoms with E-state index in [4.69, 9.17) is 4.74 Å². The molecule has 0 aliphatic heterocycles. The molecule has 0 spiro atoms. The monoisotopic (exact) mass is 972 g/mol. The summed E-state index contributed by atoms with van der Waals surface area (Å²) in [4.78, 5) is 24.5. The molecule has 408 valence electrons. The Labute approximate surface area is 431 Å². The second kappa shape index (κ2) is 58.9. The minimum Gasteiger partial charge on any atom is -0.466 e. The number of nitrogens with one attached hydrogen (secondary N) is 1. The molecule has 6 heteroatoms. The number of unbranched alkanes of at least 4 members (excludes halogenated alkanes) is 45. The largest absolute Gasteiger partial charge is 0.466 e. The fraction of sp³-hybridized carbons (Fsp3) is 0.905. The molecule has 2 atom stereocenters. The number of aliphatic hydroxyl groups is 2. The third-order valence-corrected chi connectivity index (χ3v) is 14.5. The molecule has 0 saturated heterocycles. The first-order chi connectivity index (χ1) is 34.0. The van der Waals surface area contributed by atoms with Gasteiger partial charge in [-0.2, -0.15) is 0 Å². The van der Waals surface area contributed by atoms with Gasteiger partial charge in [-0.1, -0.05) is 295 Å². The highest BCUT2D eigenvalue weighted by Gasteiger charge is 2.18. The van der Waals surface area contributed by atoms with Gasteiger partial charge in [-0.25, -0.2) is 0 Å². The lowest BCUT2D eigenvalue weighted by Crippen LogP contribution is -2.45. The lowest BCUT2D eigenvalue weighted by atomic mass is 10.0. The Kier molecular flexibility index (Phi) is 57.5. The standard InChI is InChI=1S/C63H121NO5/c1-3-5-7-9-11-13-15-17-18-19-20-21-22-23-26-29-32-35-39-43-47-51-55-61(66)60(59-65)64-62(67)56-52-48-44-40-36-33-30-27-24-25-28-31-34-38-42-46-50-54-58-69-63(68)57-53-49-45-41-37-16-14-12-10-8-6-4-2/h12,14,51,55,60-61,65-66H,3-11,13,15-50,52-54,56-59H2,1-2H3,(H,64,67)/b14-12-,55-51+. The zero-order valence-electron chi connectivity index (χ0n) is 46.6. The van der Waals surface area contributed by atoms with Gasteiger partial charge < -0.3 is 20.3 Å². The fourth-order valence-corrected chi connectivity index (χ4v) is 9.69. The molecule has 0 saturated carbocycles. The second-order valence-corrected chi connectivity index (χ2v) is 21.4. The molecule has 0 fully saturated rings.